The zero-order valence-electron chi connectivity index (χ0n) is 6.54. The Labute approximate surface area is 89.0 Å². The molecule has 0 aromatic carbocycles. The number of hydrogen-bond donors (Lipinski definition) is 1. The molecule has 1 heterocycles. The first-order valence-corrected chi connectivity index (χ1v) is 5.14. The average Bonchev–Trinajstić information content (AvgIpc) is 2.11. The summed E-state index contributed by atoms with van der Waals surface area (Å²) in [7, 11) is 0. The molecule has 1 aromatic rings. The van der Waals surface area contributed by atoms with Crippen molar-refractivity contribution in [1.29, 1.82) is 0 Å². The molecule has 0 spiro atoms. The summed E-state index contributed by atoms with van der Waals surface area (Å²) in [6.45, 7) is 0. The highest BCUT2D eigenvalue weighted by Crippen LogP contribution is 2.28. The van der Waals surface area contributed by atoms with Gasteiger partial charge in [0.2, 0.25) is 6.41 Å². The van der Waals surface area contributed by atoms with E-state index in [4.69, 9.17) is 23.2 Å². The Morgan fingerprint density at radius 2 is 1.92 bits per heavy atom. The van der Waals surface area contributed by atoms with E-state index in [-0.39, 0.29) is 16.0 Å². The lowest BCUT2D eigenvalue weighted by molar-refractivity contribution is -0.105. The van der Waals surface area contributed by atoms with Gasteiger partial charge in [-0.05, 0) is 6.26 Å². The van der Waals surface area contributed by atoms with E-state index < -0.39 is 0 Å². The van der Waals surface area contributed by atoms with Crippen LogP contribution in [0.15, 0.2) is 5.16 Å². The molecule has 0 fully saturated rings. The van der Waals surface area contributed by atoms with Gasteiger partial charge in [-0.25, -0.2) is 9.97 Å². The summed E-state index contributed by atoms with van der Waals surface area (Å²) < 4.78 is 0. The van der Waals surface area contributed by atoms with Crippen LogP contribution in [0.2, 0.25) is 10.3 Å². The van der Waals surface area contributed by atoms with Gasteiger partial charge in [0.15, 0.2) is 15.5 Å². The van der Waals surface area contributed by atoms with E-state index in [1.54, 1.807) is 6.26 Å². The van der Waals surface area contributed by atoms with Crippen LogP contribution in [0.5, 0.6) is 0 Å². The molecule has 7 heteroatoms. The molecule has 0 aliphatic heterocycles. The lowest BCUT2D eigenvalue weighted by Crippen LogP contribution is -2.00. The Morgan fingerprint density at radius 1 is 1.38 bits per heavy atom. The van der Waals surface area contributed by atoms with Crippen LogP contribution in [0.3, 0.4) is 0 Å². The van der Waals surface area contributed by atoms with Crippen molar-refractivity contribution >= 4 is 47.1 Å². The van der Waals surface area contributed by atoms with Gasteiger partial charge in [0.05, 0.1) is 0 Å². The monoisotopic (exact) mass is 237 g/mol. The summed E-state index contributed by atoms with van der Waals surface area (Å²) in [5, 5.41) is 3.05. The van der Waals surface area contributed by atoms with Gasteiger partial charge in [-0.1, -0.05) is 35.0 Å². The topological polar surface area (TPSA) is 54.9 Å². The van der Waals surface area contributed by atoms with Crippen molar-refractivity contribution in [3.8, 4) is 0 Å². The molecule has 0 saturated heterocycles. The van der Waals surface area contributed by atoms with Crippen molar-refractivity contribution in [2.24, 2.45) is 0 Å². The van der Waals surface area contributed by atoms with Crippen LogP contribution in [0, 0.1) is 0 Å². The summed E-state index contributed by atoms with van der Waals surface area (Å²) in [6, 6.07) is 0. The normalized spacial score (nSPS) is 9.77. The fourth-order valence-corrected chi connectivity index (χ4v) is 1.62. The zero-order valence-corrected chi connectivity index (χ0v) is 8.87. The van der Waals surface area contributed by atoms with E-state index in [1.165, 1.54) is 11.8 Å². The van der Waals surface area contributed by atoms with Crippen molar-refractivity contribution in [1.82, 2.24) is 9.97 Å². The van der Waals surface area contributed by atoms with Crippen LogP contribution in [0.25, 0.3) is 0 Å². The quantitative estimate of drug-likeness (QED) is 0.379. The van der Waals surface area contributed by atoms with Crippen LogP contribution in [-0.2, 0) is 4.79 Å². The molecule has 4 nitrogen and oxygen atoms in total. The van der Waals surface area contributed by atoms with Crippen LogP contribution in [-0.4, -0.2) is 22.6 Å². The first-order chi connectivity index (χ1) is 6.19. The minimum atomic E-state index is 0.136. The van der Waals surface area contributed by atoms with E-state index in [9.17, 15) is 4.79 Å². The number of nitrogens with one attached hydrogen (secondary N) is 1. The lowest BCUT2D eigenvalue weighted by Gasteiger charge is -2.04. The number of rotatable bonds is 3. The summed E-state index contributed by atoms with van der Waals surface area (Å²) in [5.41, 5.74) is 0.233. The van der Waals surface area contributed by atoms with Crippen LogP contribution in [0.1, 0.15) is 0 Å². The Hall–Kier alpha value is -0.520. The number of thioether (sulfide) groups is 1. The van der Waals surface area contributed by atoms with Gasteiger partial charge in [0.1, 0.15) is 5.69 Å². The predicted octanol–water partition coefficient (Wildman–Crippen LogP) is 2.07. The fraction of sp³-hybridized carbons (Fsp3) is 0.167. The number of carbonyl (C=O) groups excluding carboxylic acids is 1. The van der Waals surface area contributed by atoms with Crippen molar-refractivity contribution in [3.63, 3.8) is 0 Å². The van der Waals surface area contributed by atoms with E-state index in [2.05, 4.69) is 15.3 Å². The summed E-state index contributed by atoms with van der Waals surface area (Å²) in [4.78, 5) is 17.9. The van der Waals surface area contributed by atoms with Crippen molar-refractivity contribution in [2.45, 2.75) is 5.16 Å². The SMILES string of the molecule is CSc1nc(Cl)c(NC=O)c(Cl)n1. The molecule has 70 valence electrons. The van der Waals surface area contributed by atoms with Crippen molar-refractivity contribution < 1.29 is 4.79 Å². The van der Waals surface area contributed by atoms with Crippen LogP contribution < -0.4 is 5.32 Å². The van der Waals surface area contributed by atoms with Gasteiger partial charge in [0.25, 0.3) is 0 Å². The van der Waals surface area contributed by atoms with E-state index in [0.717, 1.165) is 0 Å². The molecule has 1 aromatic heterocycles. The average molecular weight is 238 g/mol. The Bertz CT molecular complexity index is 311. The van der Waals surface area contributed by atoms with Gasteiger partial charge < -0.3 is 5.32 Å². The van der Waals surface area contributed by atoms with Crippen molar-refractivity contribution in [3.05, 3.63) is 10.3 Å². The minimum absolute atomic E-state index is 0.136. The molecule has 0 atom stereocenters. The third kappa shape index (κ3) is 2.46. The van der Waals surface area contributed by atoms with Crippen LogP contribution >= 0.6 is 35.0 Å². The number of halogens is 2. The molecule has 0 unspecified atom stereocenters. The smallest absolute Gasteiger partial charge is 0.211 e. The highest BCUT2D eigenvalue weighted by Gasteiger charge is 2.09. The molecule has 0 bridgehead atoms. The molecule has 0 radical (unpaired) electrons. The van der Waals surface area contributed by atoms with Gasteiger partial charge in [-0.3, -0.25) is 4.79 Å². The molecule has 1 N–H and O–H groups in total. The number of carbonyl (C=O) groups is 1. The maximum Gasteiger partial charge on any atom is 0.211 e. The van der Waals surface area contributed by atoms with Crippen LogP contribution in [0.4, 0.5) is 5.69 Å². The van der Waals surface area contributed by atoms with Gasteiger partial charge >= 0.3 is 0 Å². The Balaban J connectivity index is 3.14. The third-order valence-corrected chi connectivity index (χ3v) is 2.28. The Morgan fingerprint density at radius 3 is 2.31 bits per heavy atom. The summed E-state index contributed by atoms with van der Waals surface area (Å²) >= 11 is 12.8. The van der Waals surface area contributed by atoms with Crippen molar-refractivity contribution in [2.75, 3.05) is 11.6 Å². The minimum Gasteiger partial charge on any atom is -0.324 e. The number of hydrogen-bond acceptors (Lipinski definition) is 4. The number of nitrogens with zero attached hydrogens (tertiary/aromatic N) is 2. The maximum atomic E-state index is 10.1. The third-order valence-electron chi connectivity index (χ3n) is 1.19. The molecular weight excluding hydrogens is 233 g/mol. The standard InChI is InChI=1S/C6H5Cl2N3OS/c1-13-6-10-4(7)3(9-2-12)5(8)11-6/h2H,1H3,(H,9,12). The van der Waals surface area contributed by atoms with Gasteiger partial charge in [-0.15, -0.1) is 0 Å². The lowest BCUT2D eigenvalue weighted by atomic mass is 10.5. The molecular formula is C6H5Cl2N3OS. The molecule has 1 amide bonds. The highest BCUT2D eigenvalue weighted by molar-refractivity contribution is 7.98. The fourth-order valence-electron chi connectivity index (χ4n) is 0.659. The molecule has 0 aliphatic rings. The second-order valence-corrected chi connectivity index (χ2v) is 3.42. The first-order valence-electron chi connectivity index (χ1n) is 3.16. The number of aromatic nitrogens is 2. The second kappa shape index (κ2) is 4.64. The molecule has 0 aliphatic carbocycles. The predicted molar refractivity (Wildman–Crippen MR) is 53.5 cm³/mol. The maximum absolute atomic E-state index is 10.1. The summed E-state index contributed by atoms with van der Waals surface area (Å²) in [6.07, 6.45) is 2.27. The first kappa shape index (κ1) is 10.6. The summed E-state index contributed by atoms with van der Waals surface area (Å²) in [5.74, 6) is 0. The van der Waals surface area contributed by atoms with Gasteiger partial charge in [-0.2, -0.15) is 0 Å². The Kier molecular flexibility index (Phi) is 3.77. The second-order valence-electron chi connectivity index (χ2n) is 1.93. The van der Waals surface area contributed by atoms with E-state index in [1.807, 2.05) is 0 Å². The van der Waals surface area contributed by atoms with E-state index >= 15 is 0 Å². The van der Waals surface area contributed by atoms with Gasteiger partial charge in [0, 0.05) is 0 Å². The number of amides is 1. The molecule has 13 heavy (non-hydrogen) atoms. The van der Waals surface area contributed by atoms with E-state index in [0.29, 0.717) is 11.6 Å². The number of anilines is 1. The molecule has 1 rings (SSSR count). The zero-order chi connectivity index (χ0) is 9.84. The largest absolute Gasteiger partial charge is 0.324 e. The molecule has 0 saturated carbocycles. The highest BCUT2D eigenvalue weighted by atomic mass is 35.5.